The molecule has 6 heteroatoms. The fourth-order valence-electron chi connectivity index (χ4n) is 2.46. The summed E-state index contributed by atoms with van der Waals surface area (Å²) in [6, 6.07) is 10.7. The van der Waals surface area contributed by atoms with Crippen LogP contribution in [0, 0.1) is 6.92 Å². The maximum atomic E-state index is 12.2. The summed E-state index contributed by atoms with van der Waals surface area (Å²) in [6.07, 6.45) is 0. The summed E-state index contributed by atoms with van der Waals surface area (Å²) in [5.41, 5.74) is 3.06. The number of nitrogens with one attached hydrogen (secondary N) is 2. The van der Waals surface area contributed by atoms with Gasteiger partial charge in [0.25, 0.3) is 5.91 Å². The third-order valence-corrected chi connectivity index (χ3v) is 4.15. The molecule has 0 unspecified atom stereocenters. The Kier molecular flexibility index (Phi) is 6.64. The molecular formula is C20H23ClN2O3. The van der Waals surface area contributed by atoms with Crippen LogP contribution in [0.1, 0.15) is 37.8 Å². The SMILES string of the molecule is CC(=O)Nc1cccc(NC(=O)COc2cc(C)c(Cl)cc2C(C)C)c1. The number of carbonyl (C=O) groups excluding carboxylic acids is 2. The maximum Gasteiger partial charge on any atom is 0.262 e. The van der Waals surface area contributed by atoms with Crippen LogP contribution >= 0.6 is 11.6 Å². The first-order chi connectivity index (χ1) is 12.3. The number of benzene rings is 2. The monoisotopic (exact) mass is 374 g/mol. The smallest absolute Gasteiger partial charge is 0.262 e. The van der Waals surface area contributed by atoms with E-state index in [1.165, 1.54) is 6.92 Å². The molecule has 2 amide bonds. The molecule has 0 aliphatic rings. The van der Waals surface area contributed by atoms with Gasteiger partial charge in [0.05, 0.1) is 0 Å². The van der Waals surface area contributed by atoms with Crippen LogP contribution in [-0.2, 0) is 9.59 Å². The van der Waals surface area contributed by atoms with Crippen LogP contribution < -0.4 is 15.4 Å². The Balaban J connectivity index is 2.03. The van der Waals surface area contributed by atoms with Crippen LogP contribution in [-0.4, -0.2) is 18.4 Å². The normalized spacial score (nSPS) is 10.5. The van der Waals surface area contributed by atoms with Gasteiger partial charge in [0.15, 0.2) is 6.61 Å². The first-order valence-corrected chi connectivity index (χ1v) is 8.74. The molecular weight excluding hydrogens is 352 g/mol. The molecule has 2 rings (SSSR count). The standard InChI is InChI=1S/C20H23ClN2O3/c1-12(2)17-10-18(21)13(3)8-19(17)26-11-20(25)23-16-7-5-6-15(9-16)22-14(4)24/h5-10,12H,11H2,1-4H3,(H,22,24)(H,23,25). The van der Waals surface area contributed by atoms with E-state index in [1.807, 2.05) is 32.9 Å². The van der Waals surface area contributed by atoms with E-state index in [2.05, 4.69) is 10.6 Å². The number of carbonyl (C=O) groups is 2. The number of hydrogen-bond donors (Lipinski definition) is 2. The Morgan fingerprint density at radius 2 is 1.77 bits per heavy atom. The second kappa shape index (κ2) is 8.72. The molecule has 26 heavy (non-hydrogen) atoms. The highest BCUT2D eigenvalue weighted by Gasteiger charge is 2.13. The third-order valence-electron chi connectivity index (χ3n) is 3.74. The molecule has 0 saturated carbocycles. The molecule has 0 heterocycles. The number of aryl methyl sites for hydroxylation is 1. The average molecular weight is 375 g/mol. The van der Waals surface area contributed by atoms with Gasteiger partial charge in [0.2, 0.25) is 5.91 Å². The molecule has 2 aromatic carbocycles. The molecule has 0 aromatic heterocycles. The van der Waals surface area contributed by atoms with Gasteiger partial charge in [-0.25, -0.2) is 0 Å². The largest absolute Gasteiger partial charge is 0.483 e. The molecule has 0 aliphatic heterocycles. The van der Waals surface area contributed by atoms with Gasteiger partial charge in [-0.1, -0.05) is 31.5 Å². The zero-order chi connectivity index (χ0) is 19.3. The van der Waals surface area contributed by atoms with Gasteiger partial charge in [-0.2, -0.15) is 0 Å². The van der Waals surface area contributed by atoms with E-state index in [0.717, 1.165) is 11.1 Å². The topological polar surface area (TPSA) is 67.4 Å². The predicted octanol–water partition coefficient (Wildman–Crippen LogP) is 4.75. The van der Waals surface area contributed by atoms with Crippen molar-refractivity contribution in [2.24, 2.45) is 0 Å². The lowest BCUT2D eigenvalue weighted by Crippen LogP contribution is -2.20. The summed E-state index contributed by atoms with van der Waals surface area (Å²) in [4.78, 5) is 23.3. The van der Waals surface area contributed by atoms with Gasteiger partial charge in [-0.3, -0.25) is 9.59 Å². The van der Waals surface area contributed by atoms with Crippen LogP contribution in [0.3, 0.4) is 0 Å². The van der Waals surface area contributed by atoms with Crippen molar-refractivity contribution in [3.8, 4) is 5.75 Å². The number of hydrogen-bond acceptors (Lipinski definition) is 3. The van der Waals surface area contributed by atoms with Gasteiger partial charge in [-0.15, -0.1) is 0 Å². The molecule has 0 fully saturated rings. The van der Waals surface area contributed by atoms with Crippen molar-refractivity contribution in [1.29, 1.82) is 0 Å². The number of anilines is 2. The van der Waals surface area contributed by atoms with Gasteiger partial charge < -0.3 is 15.4 Å². The van der Waals surface area contributed by atoms with E-state index in [0.29, 0.717) is 22.1 Å². The Bertz CT molecular complexity index is 819. The summed E-state index contributed by atoms with van der Waals surface area (Å²) >= 11 is 6.19. The maximum absolute atomic E-state index is 12.2. The quantitative estimate of drug-likeness (QED) is 0.766. The minimum Gasteiger partial charge on any atom is -0.483 e. The fraction of sp³-hybridized carbons (Fsp3) is 0.300. The molecule has 0 saturated heterocycles. The minimum absolute atomic E-state index is 0.120. The van der Waals surface area contributed by atoms with Crippen molar-refractivity contribution in [3.05, 3.63) is 52.5 Å². The highest BCUT2D eigenvalue weighted by molar-refractivity contribution is 6.31. The van der Waals surface area contributed by atoms with Crippen molar-refractivity contribution >= 4 is 34.8 Å². The van der Waals surface area contributed by atoms with Gasteiger partial charge >= 0.3 is 0 Å². The zero-order valence-electron chi connectivity index (χ0n) is 15.4. The predicted molar refractivity (Wildman–Crippen MR) is 105 cm³/mol. The molecule has 0 spiro atoms. The molecule has 2 N–H and O–H groups in total. The Morgan fingerprint density at radius 1 is 1.12 bits per heavy atom. The Labute approximate surface area is 158 Å². The zero-order valence-corrected chi connectivity index (χ0v) is 16.1. The van der Waals surface area contributed by atoms with Crippen molar-refractivity contribution in [3.63, 3.8) is 0 Å². The van der Waals surface area contributed by atoms with Crippen LogP contribution in [0.2, 0.25) is 5.02 Å². The van der Waals surface area contributed by atoms with Gasteiger partial charge in [0.1, 0.15) is 5.75 Å². The van der Waals surface area contributed by atoms with Gasteiger partial charge in [-0.05, 0) is 54.3 Å². The van der Waals surface area contributed by atoms with E-state index < -0.39 is 0 Å². The fourth-order valence-corrected chi connectivity index (χ4v) is 2.64. The van der Waals surface area contributed by atoms with Crippen LogP contribution in [0.25, 0.3) is 0 Å². The summed E-state index contributed by atoms with van der Waals surface area (Å²) in [7, 11) is 0. The second-order valence-electron chi connectivity index (χ2n) is 6.39. The lowest BCUT2D eigenvalue weighted by Gasteiger charge is -2.16. The minimum atomic E-state index is -0.285. The molecule has 0 aliphatic carbocycles. The van der Waals surface area contributed by atoms with Crippen molar-refractivity contribution in [2.45, 2.75) is 33.6 Å². The van der Waals surface area contributed by atoms with E-state index in [4.69, 9.17) is 16.3 Å². The molecule has 0 bridgehead atoms. The number of ether oxygens (including phenoxy) is 1. The lowest BCUT2D eigenvalue weighted by molar-refractivity contribution is -0.118. The molecule has 0 atom stereocenters. The molecule has 138 valence electrons. The van der Waals surface area contributed by atoms with Crippen LogP contribution in [0.15, 0.2) is 36.4 Å². The summed E-state index contributed by atoms with van der Waals surface area (Å²) in [5, 5.41) is 6.11. The lowest BCUT2D eigenvalue weighted by atomic mass is 10.0. The summed E-state index contributed by atoms with van der Waals surface area (Å²) < 4.78 is 5.72. The number of halogens is 1. The van der Waals surface area contributed by atoms with Crippen molar-refractivity contribution in [1.82, 2.24) is 0 Å². The van der Waals surface area contributed by atoms with E-state index in [1.54, 1.807) is 24.3 Å². The summed E-state index contributed by atoms with van der Waals surface area (Å²) in [5.74, 6) is 0.424. The molecule has 5 nitrogen and oxygen atoms in total. The average Bonchev–Trinajstić information content (AvgIpc) is 2.55. The molecule has 0 radical (unpaired) electrons. The second-order valence-corrected chi connectivity index (χ2v) is 6.80. The van der Waals surface area contributed by atoms with Crippen molar-refractivity contribution < 1.29 is 14.3 Å². The molecule has 2 aromatic rings. The highest BCUT2D eigenvalue weighted by atomic mass is 35.5. The number of amides is 2. The first-order valence-electron chi connectivity index (χ1n) is 8.36. The van der Waals surface area contributed by atoms with E-state index in [9.17, 15) is 9.59 Å². The van der Waals surface area contributed by atoms with Crippen molar-refractivity contribution in [2.75, 3.05) is 17.2 Å². The van der Waals surface area contributed by atoms with Crippen LogP contribution in [0.5, 0.6) is 5.75 Å². The van der Waals surface area contributed by atoms with E-state index >= 15 is 0 Å². The summed E-state index contributed by atoms with van der Waals surface area (Å²) in [6.45, 7) is 7.29. The van der Waals surface area contributed by atoms with Gasteiger partial charge in [0, 0.05) is 23.3 Å². The van der Waals surface area contributed by atoms with E-state index in [-0.39, 0.29) is 24.3 Å². The first kappa shape index (κ1) is 19.8. The number of rotatable bonds is 6. The van der Waals surface area contributed by atoms with Crippen LogP contribution in [0.4, 0.5) is 11.4 Å². The Hall–Kier alpha value is -2.53. The highest BCUT2D eigenvalue weighted by Crippen LogP contribution is 2.32. The Morgan fingerprint density at radius 3 is 2.38 bits per heavy atom. The third kappa shape index (κ3) is 5.49.